The number of H-pyrrole nitrogens is 1. The van der Waals surface area contributed by atoms with Crippen LogP contribution in [0.1, 0.15) is 22.9 Å². The minimum absolute atomic E-state index is 0.105. The molecule has 0 amide bonds. The number of carbonyl (C=O) groups is 1. The number of hydrogen-bond acceptors (Lipinski definition) is 3. The molecule has 2 heterocycles. The number of aliphatic carboxylic acids is 1. The molecule has 0 aliphatic carbocycles. The number of phenols is 1. The van der Waals surface area contributed by atoms with E-state index in [-0.39, 0.29) is 11.8 Å². The summed E-state index contributed by atoms with van der Waals surface area (Å²) in [5.74, 6) is -0.998. The van der Waals surface area contributed by atoms with E-state index in [0.717, 1.165) is 26.6 Å². The number of fused-ring (bicyclic) bond motifs is 3. The van der Waals surface area contributed by atoms with Gasteiger partial charge in [0.2, 0.25) is 0 Å². The van der Waals surface area contributed by atoms with Gasteiger partial charge in [-0.15, -0.1) is 0 Å². The number of aromatic hydroxyl groups is 1. The average molecular weight is 466 g/mol. The number of aromatic amines is 1. The first-order valence-corrected chi connectivity index (χ1v) is 9.37. The van der Waals surface area contributed by atoms with Crippen LogP contribution in [0.3, 0.4) is 0 Å². The number of hydrogen-bond donors (Lipinski definition) is 3. The first-order valence-electron chi connectivity index (χ1n) is 7.79. The predicted octanol–water partition coefficient (Wildman–Crippen LogP) is 1.73. The van der Waals surface area contributed by atoms with Gasteiger partial charge in [0, 0.05) is 21.8 Å². The lowest BCUT2D eigenvalue weighted by molar-refractivity contribution is -0.717. The van der Waals surface area contributed by atoms with Crippen LogP contribution in [0.5, 0.6) is 5.75 Å². The summed E-state index contributed by atoms with van der Waals surface area (Å²) in [5.41, 5.74) is 3.48. The van der Waals surface area contributed by atoms with E-state index >= 15 is 0 Å². The van der Waals surface area contributed by atoms with Gasteiger partial charge >= 0.3 is 0 Å². The fraction of sp³-hybridized carbons (Fsp3) is 0.167. The summed E-state index contributed by atoms with van der Waals surface area (Å²) in [6.45, 7) is 0. The number of benzene rings is 2. The number of rotatable bonds is 2. The average Bonchev–Trinajstić information content (AvgIpc) is 2.96. The molecule has 7 heteroatoms. The van der Waals surface area contributed by atoms with Crippen molar-refractivity contribution in [3.8, 4) is 5.75 Å². The minimum Gasteiger partial charge on any atom is -0.544 e. The van der Waals surface area contributed by atoms with Crippen molar-refractivity contribution < 1.29 is 20.3 Å². The van der Waals surface area contributed by atoms with E-state index in [4.69, 9.17) is 0 Å². The van der Waals surface area contributed by atoms with Crippen molar-refractivity contribution >= 4 is 48.7 Å². The second-order valence-corrected chi connectivity index (χ2v) is 7.96. The Morgan fingerprint density at radius 1 is 1.28 bits per heavy atom. The summed E-state index contributed by atoms with van der Waals surface area (Å²) in [4.78, 5) is 15.0. The standard InChI is InChI=1S/C18H14Br2N2O3/c19-8-5-11(17(23)12(20)6-8)16-15-10(7-14(22-16)18(24)25)9-3-1-2-4-13(9)21-15/h1-6,14,16,21-23H,7H2,(H,24,25)/t14-,16+/m1/s1. The smallest absolute Gasteiger partial charge is 0.157 e. The molecule has 128 valence electrons. The molecule has 1 aromatic heterocycles. The first kappa shape index (κ1) is 16.6. The monoisotopic (exact) mass is 464 g/mol. The third-order valence-electron chi connectivity index (χ3n) is 4.70. The second-order valence-electron chi connectivity index (χ2n) is 6.19. The zero-order valence-electron chi connectivity index (χ0n) is 12.9. The van der Waals surface area contributed by atoms with Crippen LogP contribution in [0.15, 0.2) is 45.3 Å². The van der Waals surface area contributed by atoms with E-state index in [1.807, 2.05) is 30.3 Å². The molecule has 1 aliphatic rings. The lowest BCUT2D eigenvalue weighted by atomic mass is 9.90. The van der Waals surface area contributed by atoms with Gasteiger partial charge in [-0.1, -0.05) is 34.1 Å². The van der Waals surface area contributed by atoms with Crippen LogP contribution in [0.2, 0.25) is 0 Å². The van der Waals surface area contributed by atoms with Crippen molar-refractivity contribution in [2.45, 2.75) is 18.5 Å². The van der Waals surface area contributed by atoms with Gasteiger partial charge in [-0.05, 0) is 39.7 Å². The molecule has 4 rings (SSSR count). The van der Waals surface area contributed by atoms with Crippen molar-refractivity contribution in [3.63, 3.8) is 0 Å². The van der Waals surface area contributed by atoms with Crippen molar-refractivity contribution in [2.24, 2.45) is 0 Å². The molecule has 2 atom stereocenters. The van der Waals surface area contributed by atoms with E-state index in [1.54, 1.807) is 11.4 Å². The van der Waals surface area contributed by atoms with Gasteiger partial charge in [0.25, 0.3) is 0 Å². The molecule has 3 aromatic rings. The lowest BCUT2D eigenvalue weighted by Gasteiger charge is -2.29. The molecular formula is C18H14Br2N2O3. The highest BCUT2D eigenvalue weighted by Gasteiger charge is 2.36. The molecule has 0 spiro atoms. The number of para-hydroxylation sites is 1. The number of nitrogens with one attached hydrogen (secondary N) is 1. The van der Waals surface area contributed by atoms with Crippen LogP contribution in [-0.4, -0.2) is 22.1 Å². The van der Waals surface area contributed by atoms with Gasteiger partial charge < -0.3 is 25.3 Å². The molecular weight excluding hydrogens is 452 g/mol. The predicted molar refractivity (Wildman–Crippen MR) is 98.1 cm³/mol. The maximum atomic E-state index is 11.6. The van der Waals surface area contributed by atoms with Crippen molar-refractivity contribution in [1.82, 2.24) is 4.98 Å². The maximum absolute atomic E-state index is 11.6. The van der Waals surface area contributed by atoms with Crippen molar-refractivity contribution in [2.75, 3.05) is 0 Å². The minimum atomic E-state index is -1.10. The van der Waals surface area contributed by atoms with Gasteiger partial charge in [0.05, 0.1) is 21.7 Å². The van der Waals surface area contributed by atoms with Gasteiger partial charge in [-0.3, -0.25) is 0 Å². The molecule has 0 unspecified atom stereocenters. The fourth-order valence-corrected chi connectivity index (χ4v) is 4.83. The van der Waals surface area contributed by atoms with Crippen LogP contribution in [0.4, 0.5) is 0 Å². The molecule has 0 saturated heterocycles. The number of carboxylic acid groups (broad SMARTS) is 1. The van der Waals surface area contributed by atoms with E-state index in [2.05, 4.69) is 36.8 Å². The summed E-state index contributed by atoms with van der Waals surface area (Å²) in [7, 11) is 0. The highest BCUT2D eigenvalue weighted by Crippen LogP contribution is 2.39. The molecule has 0 saturated carbocycles. The summed E-state index contributed by atoms with van der Waals surface area (Å²) in [5, 5.41) is 24.9. The van der Waals surface area contributed by atoms with E-state index in [9.17, 15) is 15.0 Å². The number of carbonyl (C=O) groups excluding carboxylic acids is 1. The molecule has 25 heavy (non-hydrogen) atoms. The quantitative estimate of drug-likeness (QED) is 0.538. The maximum Gasteiger partial charge on any atom is 0.157 e. The highest BCUT2D eigenvalue weighted by atomic mass is 79.9. The summed E-state index contributed by atoms with van der Waals surface area (Å²) in [6, 6.07) is 10.3. The third kappa shape index (κ3) is 2.76. The van der Waals surface area contributed by atoms with Gasteiger partial charge in [-0.25, -0.2) is 0 Å². The topological polar surface area (TPSA) is 92.8 Å². The van der Waals surface area contributed by atoms with Crippen molar-refractivity contribution in [1.29, 1.82) is 0 Å². The molecule has 5 nitrogen and oxygen atoms in total. The molecule has 0 bridgehead atoms. The largest absolute Gasteiger partial charge is 0.544 e. The van der Waals surface area contributed by atoms with Crippen molar-refractivity contribution in [3.05, 3.63) is 62.2 Å². The van der Waals surface area contributed by atoms with E-state index < -0.39 is 12.0 Å². The Morgan fingerprint density at radius 3 is 2.80 bits per heavy atom. The molecule has 4 N–H and O–H groups in total. The zero-order valence-corrected chi connectivity index (χ0v) is 16.1. The summed E-state index contributed by atoms with van der Waals surface area (Å²) in [6.07, 6.45) is 0.383. The lowest BCUT2D eigenvalue weighted by Crippen LogP contribution is -2.95. The van der Waals surface area contributed by atoms with Crippen LogP contribution >= 0.6 is 31.9 Å². The Hall–Kier alpha value is -1.83. The molecule has 1 aliphatic heterocycles. The number of nitrogens with two attached hydrogens (primary N) is 1. The number of quaternary nitrogens is 1. The molecule has 0 radical (unpaired) electrons. The third-order valence-corrected chi connectivity index (χ3v) is 5.76. The first-order chi connectivity index (χ1) is 12.0. The molecule has 0 fully saturated rings. The van der Waals surface area contributed by atoms with E-state index in [1.165, 1.54) is 0 Å². The van der Waals surface area contributed by atoms with Gasteiger partial charge in [0.15, 0.2) is 6.04 Å². The van der Waals surface area contributed by atoms with Crippen LogP contribution < -0.4 is 10.4 Å². The van der Waals surface area contributed by atoms with E-state index in [0.29, 0.717) is 16.5 Å². The number of phenolic OH excluding ortho intramolecular Hbond substituents is 1. The van der Waals surface area contributed by atoms with Crippen LogP contribution in [0, 0.1) is 0 Å². The summed E-state index contributed by atoms with van der Waals surface area (Å²) >= 11 is 6.79. The Kier molecular flexibility index (Phi) is 4.10. The number of halogens is 2. The van der Waals surface area contributed by atoms with Crippen LogP contribution in [0.25, 0.3) is 10.9 Å². The summed E-state index contributed by atoms with van der Waals surface area (Å²) < 4.78 is 1.35. The Bertz CT molecular complexity index is 999. The zero-order chi connectivity index (χ0) is 17.7. The SMILES string of the molecule is O=C([O-])[C@H]1Cc2c([nH]c3ccccc23)[C@H](c2cc(Br)cc(Br)c2O)[NH2+]1. The Balaban J connectivity index is 1.96. The fourth-order valence-electron chi connectivity index (χ4n) is 3.57. The Morgan fingerprint density at radius 2 is 2.04 bits per heavy atom. The van der Waals surface area contributed by atoms with Crippen LogP contribution in [-0.2, 0) is 11.2 Å². The van der Waals surface area contributed by atoms with Gasteiger partial charge in [0.1, 0.15) is 11.8 Å². The number of carboxylic acids is 1. The Labute approximate surface area is 160 Å². The number of aromatic nitrogens is 1. The molecule has 2 aromatic carbocycles. The second kappa shape index (κ2) is 6.16. The highest BCUT2D eigenvalue weighted by molar-refractivity contribution is 9.11. The van der Waals surface area contributed by atoms with Gasteiger partial charge in [-0.2, -0.15) is 0 Å². The normalized spacial score (nSPS) is 19.8.